The fraction of sp³-hybridized carbons (Fsp3) is 0.100. The molecular formula is C10H11N5O. The highest BCUT2D eigenvalue weighted by atomic mass is 16.1. The third-order valence-corrected chi connectivity index (χ3v) is 2.15. The number of aryl methyl sites for hydroxylation is 1. The highest BCUT2D eigenvalue weighted by Crippen LogP contribution is 2.14. The molecule has 0 fully saturated rings. The predicted molar refractivity (Wildman–Crippen MR) is 59.9 cm³/mol. The molecule has 0 aliphatic carbocycles. The number of nitrogens with zero attached hydrogens (tertiary/aromatic N) is 2. The van der Waals surface area contributed by atoms with E-state index in [1.165, 1.54) is 6.20 Å². The maximum absolute atomic E-state index is 11.8. The molecule has 0 aliphatic rings. The Morgan fingerprint density at radius 3 is 3.00 bits per heavy atom. The van der Waals surface area contributed by atoms with Gasteiger partial charge in [-0.25, -0.2) is 4.98 Å². The lowest BCUT2D eigenvalue weighted by molar-refractivity contribution is 0.102. The number of aromatic nitrogens is 3. The summed E-state index contributed by atoms with van der Waals surface area (Å²) >= 11 is 0. The van der Waals surface area contributed by atoms with Crippen molar-refractivity contribution in [3.8, 4) is 0 Å². The summed E-state index contributed by atoms with van der Waals surface area (Å²) in [4.78, 5) is 15.8. The van der Waals surface area contributed by atoms with E-state index in [4.69, 9.17) is 5.73 Å². The number of H-pyrrole nitrogens is 1. The lowest BCUT2D eigenvalue weighted by Crippen LogP contribution is -2.14. The second kappa shape index (κ2) is 4.01. The molecule has 0 radical (unpaired) electrons. The van der Waals surface area contributed by atoms with E-state index < -0.39 is 0 Å². The van der Waals surface area contributed by atoms with Gasteiger partial charge in [-0.3, -0.25) is 9.89 Å². The van der Waals surface area contributed by atoms with Gasteiger partial charge in [0.15, 0.2) is 5.82 Å². The normalized spacial score (nSPS) is 10.1. The highest BCUT2D eigenvalue weighted by molar-refractivity contribution is 6.05. The first-order chi connectivity index (χ1) is 7.68. The Bertz CT molecular complexity index is 519. The number of nitrogen functional groups attached to an aromatic ring is 1. The second-order valence-corrected chi connectivity index (χ2v) is 3.30. The number of hydrogen-bond donors (Lipinski definition) is 3. The molecule has 0 bridgehead atoms. The standard InChI is InChI=1S/C10H11N5O/c1-6-7(5-13-15-6)10(16)14-9-8(11)3-2-4-12-9/h2-5H,11H2,1H3,(H,13,15)(H,12,14,16). The van der Waals surface area contributed by atoms with Gasteiger partial charge in [-0.1, -0.05) is 0 Å². The van der Waals surface area contributed by atoms with Crippen LogP contribution in [0.15, 0.2) is 24.5 Å². The molecule has 2 aromatic rings. The maximum Gasteiger partial charge on any atom is 0.260 e. The van der Waals surface area contributed by atoms with E-state index in [1.807, 2.05) is 0 Å². The van der Waals surface area contributed by atoms with Crippen molar-refractivity contribution in [1.29, 1.82) is 0 Å². The Morgan fingerprint density at radius 2 is 2.38 bits per heavy atom. The molecule has 0 saturated heterocycles. The summed E-state index contributed by atoms with van der Waals surface area (Å²) in [5, 5.41) is 9.08. The monoisotopic (exact) mass is 217 g/mol. The van der Waals surface area contributed by atoms with Gasteiger partial charge in [-0.05, 0) is 19.1 Å². The molecule has 4 N–H and O–H groups in total. The first kappa shape index (κ1) is 10.2. The van der Waals surface area contributed by atoms with Crippen LogP contribution in [0.1, 0.15) is 16.1 Å². The van der Waals surface area contributed by atoms with E-state index >= 15 is 0 Å². The molecule has 0 saturated carbocycles. The number of aromatic amines is 1. The molecule has 16 heavy (non-hydrogen) atoms. The zero-order valence-electron chi connectivity index (χ0n) is 8.69. The van der Waals surface area contributed by atoms with Gasteiger partial charge < -0.3 is 11.1 Å². The van der Waals surface area contributed by atoms with Gasteiger partial charge in [0.05, 0.1) is 17.4 Å². The Kier molecular flexibility index (Phi) is 2.55. The van der Waals surface area contributed by atoms with Crippen molar-refractivity contribution in [2.24, 2.45) is 0 Å². The number of amides is 1. The van der Waals surface area contributed by atoms with Gasteiger partial charge in [-0.15, -0.1) is 0 Å². The number of nitrogens with one attached hydrogen (secondary N) is 2. The molecule has 0 aliphatic heterocycles. The van der Waals surface area contributed by atoms with Crippen molar-refractivity contribution in [2.75, 3.05) is 11.1 Å². The van der Waals surface area contributed by atoms with Gasteiger partial charge in [0.1, 0.15) is 0 Å². The minimum atomic E-state index is -0.281. The summed E-state index contributed by atoms with van der Waals surface area (Å²) in [6.45, 7) is 1.77. The van der Waals surface area contributed by atoms with Crippen LogP contribution in [-0.4, -0.2) is 21.1 Å². The van der Waals surface area contributed by atoms with Crippen LogP contribution in [0.5, 0.6) is 0 Å². The smallest absolute Gasteiger partial charge is 0.260 e. The maximum atomic E-state index is 11.8. The van der Waals surface area contributed by atoms with Crippen LogP contribution < -0.4 is 11.1 Å². The van der Waals surface area contributed by atoms with Crippen LogP contribution in [0.3, 0.4) is 0 Å². The zero-order chi connectivity index (χ0) is 11.5. The number of nitrogens with two attached hydrogens (primary N) is 1. The summed E-state index contributed by atoms with van der Waals surface area (Å²) in [7, 11) is 0. The Morgan fingerprint density at radius 1 is 1.56 bits per heavy atom. The van der Waals surface area contributed by atoms with E-state index in [0.717, 1.165) is 0 Å². The van der Waals surface area contributed by atoms with E-state index in [9.17, 15) is 4.79 Å². The molecule has 1 amide bonds. The van der Waals surface area contributed by atoms with Crippen molar-refractivity contribution in [3.63, 3.8) is 0 Å². The topological polar surface area (TPSA) is 96.7 Å². The molecule has 6 heteroatoms. The molecule has 0 spiro atoms. The SMILES string of the molecule is Cc1[nH]ncc1C(=O)Nc1ncccc1N. The quantitative estimate of drug-likeness (QED) is 0.697. The van der Waals surface area contributed by atoms with Crippen LogP contribution in [-0.2, 0) is 0 Å². The Hall–Kier alpha value is -2.37. The molecule has 0 aromatic carbocycles. The molecule has 0 atom stereocenters. The van der Waals surface area contributed by atoms with Crippen LogP contribution >= 0.6 is 0 Å². The average molecular weight is 217 g/mol. The van der Waals surface area contributed by atoms with Gasteiger partial charge in [0.2, 0.25) is 0 Å². The van der Waals surface area contributed by atoms with Gasteiger partial charge in [0, 0.05) is 11.9 Å². The largest absolute Gasteiger partial charge is 0.396 e. The molecule has 82 valence electrons. The number of pyridine rings is 1. The van der Waals surface area contributed by atoms with E-state index in [-0.39, 0.29) is 5.91 Å². The summed E-state index contributed by atoms with van der Waals surface area (Å²) in [5.41, 5.74) is 7.27. The van der Waals surface area contributed by atoms with E-state index in [0.29, 0.717) is 22.8 Å². The highest BCUT2D eigenvalue weighted by Gasteiger charge is 2.12. The summed E-state index contributed by atoms with van der Waals surface area (Å²) < 4.78 is 0. The molecule has 6 nitrogen and oxygen atoms in total. The van der Waals surface area contributed by atoms with Crippen LogP contribution in [0.25, 0.3) is 0 Å². The van der Waals surface area contributed by atoms with Gasteiger partial charge >= 0.3 is 0 Å². The van der Waals surface area contributed by atoms with Crippen molar-refractivity contribution < 1.29 is 4.79 Å². The number of rotatable bonds is 2. The van der Waals surface area contributed by atoms with Gasteiger partial charge in [-0.2, -0.15) is 5.10 Å². The van der Waals surface area contributed by atoms with Crippen molar-refractivity contribution in [2.45, 2.75) is 6.92 Å². The number of hydrogen-bond acceptors (Lipinski definition) is 4. The van der Waals surface area contributed by atoms with Crippen LogP contribution in [0, 0.1) is 6.92 Å². The second-order valence-electron chi connectivity index (χ2n) is 3.30. The summed E-state index contributed by atoms with van der Waals surface area (Å²) in [5.74, 6) is 0.0738. The number of anilines is 2. The number of carbonyl (C=O) groups is 1. The van der Waals surface area contributed by atoms with E-state index in [1.54, 1.807) is 25.3 Å². The number of carbonyl (C=O) groups excluding carboxylic acids is 1. The first-order valence-corrected chi connectivity index (χ1v) is 4.70. The third-order valence-electron chi connectivity index (χ3n) is 2.15. The van der Waals surface area contributed by atoms with Crippen LogP contribution in [0.4, 0.5) is 11.5 Å². The minimum absolute atomic E-state index is 0.281. The molecule has 2 aromatic heterocycles. The van der Waals surface area contributed by atoms with Crippen molar-refractivity contribution in [3.05, 3.63) is 35.8 Å². The fourth-order valence-electron chi connectivity index (χ4n) is 1.28. The summed E-state index contributed by atoms with van der Waals surface area (Å²) in [6, 6.07) is 3.37. The summed E-state index contributed by atoms with van der Waals surface area (Å²) in [6.07, 6.45) is 3.03. The molecular weight excluding hydrogens is 206 g/mol. The minimum Gasteiger partial charge on any atom is -0.396 e. The molecule has 2 heterocycles. The Labute approximate surface area is 91.9 Å². The lowest BCUT2D eigenvalue weighted by Gasteiger charge is -2.05. The van der Waals surface area contributed by atoms with E-state index in [2.05, 4.69) is 20.5 Å². The first-order valence-electron chi connectivity index (χ1n) is 4.70. The lowest BCUT2D eigenvalue weighted by atomic mass is 10.2. The van der Waals surface area contributed by atoms with Crippen molar-refractivity contribution >= 4 is 17.4 Å². The average Bonchev–Trinajstić information content (AvgIpc) is 2.68. The zero-order valence-corrected chi connectivity index (χ0v) is 8.69. The third kappa shape index (κ3) is 1.85. The fourth-order valence-corrected chi connectivity index (χ4v) is 1.28. The molecule has 2 rings (SSSR count). The van der Waals surface area contributed by atoms with Crippen LogP contribution in [0.2, 0.25) is 0 Å². The molecule has 0 unspecified atom stereocenters. The van der Waals surface area contributed by atoms with Gasteiger partial charge in [0.25, 0.3) is 5.91 Å². The van der Waals surface area contributed by atoms with Crippen molar-refractivity contribution in [1.82, 2.24) is 15.2 Å². The Balaban J connectivity index is 2.21. The predicted octanol–water partition coefficient (Wildman–Crippen LogP) is 0.948.